The first-order chi connectivity index (χ1) is 12.5. The Hall–Kier alpha value is -2.80. The average molecular weight is 375 g/mol. The van der Waals surface area contributed by atoms with Crippen molar-refractivity contribution in [2.75, 3.05) is 0 Å². The average Bonchev–Trinajstić information content (AvgIpc) is 3.25. The first-order valence-corrected chi connectivity index (χ1v) is 8.66. The predicted molar refractivity (Wildman–Crippen MR) is 98.4 cm³/mol. The summed E-state index contributed by atoms with van der Waals surface area (Å²) in [6.45, 7) is 3.74. The minimum atomic E-state index is -0.432. The molecule has 0 unspecified atom stereocenters. The van der Waals surface area contributed by atoms with E-state index in [0.29, 0.717) is 16.5 Å². The molecule has 0 aliphatic rings. The minimum Gasteiger partial charge on any atom is -0.461 e. The number of halogens is 1. The predicted octanol–water partition coefficient (Wildman–Crippen LogP) is 2.86. The molecule has 3 rings (SSSR count). The SMILES string of the molecule is CC[C@H](C)NC(=O)Cn1c(-c2ccco2)nn(-c2ccc(Cl)cc2)c1=O. The highest BCUT2D eigenvalue weighted by atomic mass is 35.5. The molecule has 1 N–H and O–H groups in total. The van der Waals surface area contributed by atoms with E-state index in [0.717, 1.165) is 6.42 Å². The quantitative estimate of drug-likeness (QED) is 0.719. The maximum Gasteiger partial charge on any atom is 0.351 e. The Bertz CT molecular complexity index is 942. The van der Waals surface area contributed by atoms with E-state index in [1.807, 2.05) is 13.8 Å². The molecule has 0 saturated carbocycles. The van der Waals surface area contributed by atoms with E-state index in [-0.39, 0.29) is 24.3 Å². The third-order valence-electron chi connectivity index (χ3n) is 4.00. The van der Waals surface area contributed by atoms with Crippen LogP contribution < -0.4 is 11.0 Å². The highest BCUT2D eigenvalue weighted by Gasteiger charge is 2.20. The van der Waals surface area contributed by atoms with Gasteiger partial charge in [-0.05, 0) is 49.7 Å². The van der Waals surface area contributed by atoms with Crippen molar-refractivity contribution in [3.8, 4) is 17.3 Å². The van der Waals surface area contributed by atoms with Crippen molar-refractivity contribution in [2.24, 2.45) is 0 Å². The fourth-order valence-corrected chi connectivity index (χ4v) is 2.57. The maximum absolute atomic E-state index is 12.9. The van der Waals surface area contributed by atoms with Gasteiger partial charge in [0.15, 0.2) is 5.76 Å². The number of hydrogen-bond donors (Lipinski definition) is 1. The molecule has 1 atom stereocenters. The van der Waals surface area contributed by atoms with Crippen LogP contribution in [0.4, 0.5) is 0 Å². The molecule has 7 nitrogen and oxygen atoms in total. The van der Waals surface area contributed by atoms with Crippen molar-refractivity contribution in [3.05, 3.63) is 58.2 Å². The lowest BCUT2D eigenvalue weighted by Gasteiger charge is -2.11. The molecule has 3 aromatic rings. The van der Waals surface area contributed by atoms with E-state index in [1.54, 1.807) is 36.4 Å². The molecule has 0 saturated heterocycles. The number of rotatable bonds is 6. The summed E-state index contributed by atoms with van der Waals surface area (Å²) >= 11 is 5.91. The number of hydrogen-bond acceptors (Lipinski definition) is 4. The zero-order valence-corrected chi connectivity index (χ0v) is 15.2. The van der Waals surface area contributed by atoms with Gasteiger partial charge < -0.3 is 9.73 Å². The van der Waals surface area contributed by atoms with Gasteiger partial charge in [-0.15, -0.1) is 5.10 Å². The third-order valence-corrected chi connectivity index (χ3v) is 4.25. The molecule has 0 fully saturated rings. The van der Waals surface area contributed by atoms with Crippen molar-refractivity contribution in [1.82, 2.24) is 19.7 Å². The van der Waals surface area contributed by atoms with Crippen LogP contribution in [0.5, 0.6) is 0 Å². The molecule has 2 heterocycles. The van der Waals surface area contributed by atoms with Crippen LogP contribution in [0.1, 0.15) is 20.3 Å². The van der Waals surface area contributed by atoms with Gasteiger partial charge in [0.25, 0.3) is 0 Å². The monoisotopic (exact) mass is 374 g/mol. The lowest BCUT2D eigenvalue weighted by atomic mass is 10.2. The Balaban J connectivity index is 2.03. The second-order valence-electron chi connectivity index (χ2n) is 5.93. The molecule has 0 bridgehead atoms. The summed E-state index contributed by atoms with van der Waals surface area (Å²) in [4.78, 5) is 25.2. The van der Waals surface area contributed by atoms with Gasteiger partial charge >= 0.3 is 5.69 Å². The van der Waals surface area contributed by atoms with Gasteiger partial charge in [0.2, 0.25) is 11.7 Å². The molecule has 0 radical (unpaired) electrons. The van der Waals surface area contributed by atoms with Gasteiger partial charge in [0, 0.05) is 11.1 Å². The van der Waals surface area contributed by atoms with Crippen LogP contribution in [0, 0.1) is 0 Å². The van der Waals surface area contributed by atoms with Gasteiger partial charge in [-0.25, -0.2) is 4.79 Å². The fraction of sp³-hybridized carbons (Fsp3) is 0.278. The zero-order valence-electron chi connectivity index (χ0n) is 14.5. The molecule has 26 heavy (non-hydrogen) atoms. The summed E-state index contributed by atoms with van der Waals surface area (Å²) in [5, 5.41) is 7.76. The summed E-state index contributed by atoms with van der Waals surface area (Å²) in [6, 6.07) is 10.1. The Kier molecular flexibility index (Phi) is 5.27. The van der Waals surface area contributed by atoms with Crippen LogP contribution in [0.25, 0.3) is 17.3 Å². The molecule has 1 aromatic carbocycles. The van der Waals surface area contributed by atoms with Crippen molar-refractivity contribution >= 4 is 17.5 Å². The second-order valence-corrected chi connectivity index (χ2v) is 6.37. The Morgan fingerprint density at radius 2 is 2.04 bits per heavy atom. The molecule has 0 aliphatic heterocycles. The summed E-state index contributed by atoms with van der Waals surface area (Å²) in [7, 11) is 0. The smallest absolute Gasteiger partial charge is 0.351 e. The van der Waals surface area contributed by atoms with E-state index in [4.69, 9.17) is 16.0 Å². The van der Waals surface area contributed by atoms with Crippen LogP contribution in [-0.4, -0.2) is 26.3 Å². The van der Waals surface area contributed by atoms with E-state index in [1.165, 1.54) is 15.5 Å². The zero-order chi connectivity index (χ0) is 18.7. The Morgan fingerprint density at radius 1 is 1.31 bits per heavy atom. The molecule has 8 heteroatoms. The Labute approximate surface area is 155 Å². The lowest BCUT2D eigenvalue weighted by molar-refractivity contribution is -0.122. The molecule has 2 aromatic heterocycles. The fourth-order valence-electron chi connectivity index (χ4n) is 2.44. The van der Waals surface area contributed by atoms with E-state index < -0.39 is 5.69 Å². The molecule has 0 spiro atoms. The normalized spacial score (nSPS) is 12.1. The standard InChI is InChI=1S/C18H19ClN4O3/c1-3-12(2)20-16(24)11-22-17(15-5-4-10-26-15)21-23(18(22)25)14-8-6-13(19)7-9-14/h4-10,12H,3,11H2,1-2H3,(H,20,24)/t12-/m0/s1. The minimum absolute atomic E-state index is 0.0246. The number of carbonyl (C=O) groups is 1. The first kappa shape index (κ1) is 18.0. The number of carbonyl (C=O) groups excluding carboxylic acids is 1. The van der Waals surface area contributed by atoms with Gasteiger partial charge in [-0.1, -0.05) is 18.5 Å². The van der Waals surface area contributed by atoms with Gasteiger partial charge in [-0.3, -0.25) is 9.36 Å². The Morgan fingerprint density at radius 3 is 2.65 bits per heavy atom. The number of benzene rings is 1. The first-order valence-electron chi connectivity index (χ1n) is 8.28. The third kappa shape index (κ3) is 3.72. The van der Waals surface area contributed by atoms with Gasteiger partial charge in [0.1, 0.15) is 6.54 Å². The van der Waals surface area contributed by atoms with E-state index in [2.05, 4.69) is 10.4 Å². The van der Waals surface area contributed by atoms with Gasteiger partial charge in [0.05, 0.1) is 12.0 Å². The summed E-state index contributed by atoms with van der Waals surface area (Å²) in [5.74, 6) is 0.435. The van der Waals surface area contributed by atoms with Crippen LogP contribution in [-0.2, 0) is 11.3 Å². The van der Waals surface area contributed by atoms with Crippen molar-refractivity contribution in [2.45, 2.75) is 32.9 Å². The molecular weight excluding hydrogens is 356 g/mol. The van der Waals surface area contributed by atoms with Crippen LogP contribution in [0.3, 0.4) is 0 Å². The van der Waals surface area contributed by atoms with Gasteiger partial charge in [-0.2, -0.15) is 4.68 Å². The molecule has 136 valence electrons. The number of amides is 1. The van der Waals surface area contributed by atoms with Crippen LogP contribution >= 0.6 is 11.6 Å². The number of aromatic nitrogens is 3. The van der Waals surface area contributed by atoms with E-state index in [9.17, 15) is 9.59 Å². The summed E-state index contributed by atoms with van der Waals surface area (Å²) in [6.07, 6.45) is 2.29. The molecule has 1 amide bonds. The number of nitrogens with one attached hydrogen (secondary N) is 1. The van der Waals surface area contributed by atoms with Crippen molar-refractivity contribution in [3.63, 3.8) is 0 Å². The second kappa shape index (κ2) is 7.61. The number of furan rings is 1. The topological polar surface area (TPSA) is 82.1 Å². The van der Waals surface area contributed by atoms with Crippen LogP contribution in [0.2, 0.25) is 5.02 Å². The lowest BCUT2D eigenvalue weighted by Crippen LogP contribution is -2.37. The number of nitrogens with zero attached hydrogens (tertiary/aromatic N) is 3. The van der Waals surface area contributed by atoms with Crippen molar-refractivity contribution < 1.29 is 9.21 Å². The van der Waals surface area contributed by atoms with Crippen molar-refractivity contribution in [1.29, 1.82) is 0 Å². The van der Waals surface area contributed by atoms with E-state index >= 15 is 0 Å². The maximum atomic E-state index is 12.9. The highest BCUT2D eigenvalue weighted by molar-refractivity contribution is 6.30. The highest BCUT2D eigenvalue weighted by Crippen LogP contribution is 2.18. The molecular formula is C18H19ClN4O3. The molecule has 0 aliphatic carbocycles. The largest absolute Gasteiger partial charge is 0.461 e. The summed E-state index contributed by atoms with van der Waals surface area (Å²) in [5.41, 5.74) is 0.117. The summed E-state index contributed by atoms with van der Waals surface area (Å²) < 4.78 is 7.90. The van der Waals surface area contributed by atoms with Crippen LogP contribution in [0.15, 0.2) is 51.9 Å².